The SMILES string of the molecule is CC(C)(C)C(=O)N1CCCC1C(=O)N1CCCCC1CO. The first-order valence-corrected chi connectivity index (χ1v) is 8.08. The summed E-state index contributed by atoms with van der Waals surface area (Å²) in [6.07, 6.45) is 4.54. The maximum atomic E-state index is 12.8. The van der Waals surface area contributed by atoms with Crippen LogP contribution in [0.4, 0.5) is 0 Å². The standard InChI is InChI=1S/C16H28N2O3/c1-16(2,3)15(21)18-10-6-8-13(18)14(20)17-9-5-4-7-12(17)11-19/h12-13,19H,4-11H2,1-3H3. The van der Waals surface area contributed by atoms with Gasteiger partial charge in [-0.15, -0.1) is 0 Å². The first-order valence-electron chi connectivity index (χ1n) is 8.08. The van der Waals surface area contributed by atoms with Crippen LogP contribution in [0.25, 0.3) is 0 Å². The molecule has 2 atom stereocenters. The van der Waals surface area contributed by atoms with Gasteiger partial charge in [0.25, 0.3) is 0 Å². The summed E-state index contributed by atoms with van der Waals surface area (Å²) >= 11 is 0. The predicted molar refractivity (Wildman–Crippen MR) is 80.6 cm³/mol. The number of amides is 2. The number of piperidine rings is 1. The van der Waals surface area contributed by atoms with Crippen LogP contribution in [0.15, 0.2) is 0 Å². The van der Waals surface area contributed by atoms with Crippen LogP contribution in [0, 0.1) is 5.41 Å². The lowest BCUT2D eigenvalue weighted by molar-refractivity contribution is -0.150. The second-order valence-corrected chi connectivity index (χ2v) is 7.27. The summed E-state index contributed by atoms with van der Waals surface area (Å²) in [5.41, 5.74) is -0.457. The van der Waals surface area contributed by atoms with Gasteiger partial charge in [-0.05, 0) is 32.1 Å². The number of aliphatic hydroxyl groups excluding tert-OH is 1. The van der Waals surface area contributed by atoms with E-state index in [2.05, 4.69) is 0 Å². The third-order valence-corrected chi connectivity index (χ3v) is 4.56. The van der Waals surface area contributed by atoms with E-state index < -0.39 is 5.41 Å². The molecule has 2 heterocycles. The van der Waals surface area contributed by atoms with Gasteiger partial charge < -0.3 is 14.9 Å². The van der Waals surface area contributed by atoms with Crippen LogP contribution < -0.4 is 0 Å². The fourth-order valence-electron chi connectivity index (χ4n) is 3.37. The topological polar surface area (TPSA) is 60.9 Å². The monoisotopic (exact) mass is 296 g/mol. The van der Waals surface area contributed by atoms with Crippen LogP contribution in [-0.2, 0) is 9.59 Å². The van der Waals surface area contributed by atoms with E-state index in [4.69, 9.17) is 0 Å². The van der Waals surface area contributed by atoms with Gasteiger partial charge in [0.05, 0.1) is 12.6 Å². The fourth-order valence-corrected chi connectivity index (χ4v) is 3.37. The summed E-state index contributed by atoms with van der Waals surface area (Å²) in [4.78, 5) is 28.9. The van der Waals surface area contributed by atoms with E-state index in [9.17, 15) is 14.7 Å². The summed E-state index contributed by atoms with van der Waals surface area (Å²) in [5, 5.41) is 9.48. The highest BCUT2D eigenvalue weighted by Gasteiger charge is 2.41. The Morgan fingerprint density at radius 2 is 1.71 bits per heavy atom. The van der Waals surface area contributed by atoms with Gasteiger partial charge in [-0.25, -0.2) is 0 Å². The minimum Gasteiger partial charge on any atom is -0.394 e. The summed E-state index contributed by atoms with van der Waals surface area (Å²) < 4.78 is 0. The molecule has 0 radical (unpaired) electrons. The third kappa shape index (κ3) is 3.39. The first-order chi connectivity index (χ1) is 9.86. The molecule has 2 rings (SSSR count). The summed E-state index contributed by atoms with van der Waals surface area (Å²) in [6, 6.07) is -0.401. The van der Waals surface area contributed by atoms with E-state index in [0.717, 1.165) is 32.1 Å². The number of carbonyl (C=O) groups excluding carboxylic acids is 2. The Morgan fingerprint density at radius 1 is 1.05 bits per heavy atom. The van der Waals surface area contributed by atoms with E-state index in [1.165, 1.54) is 0 Å². The second-order valence-electron chi connectivity index (χ2n) is 7.27. The zero-order valence-corrected chi connectivity index (χ0v) is 13.5. The number of hydrogen-bond donors (Lipinski definition) is 1. The molecule has 1 N–H and O–H groups in total. The first kappa shape index (κ1) is 16.3. The lowest BCUT2D eigenvalue weighted by Crippen LogP contribution is -2.55. The third-order valence-electron chi connectivity index (χ3n) is 4.56. The molecule has 0 aromatic carbocycles. The van der Waals surface area contributed by atoms with Crippen molar-refractivity contribution in [3.63, 3.8) is 0 Å². The van der Waals surface area contributed by atoms with Crippen molar-refractivity contribution in [2.45, 2.75) is 65.0 Å². The molecule has 0 aromatic rings. The smallest absolute Gasteiger partial charge is 0.245 e. The van der Waals surface area contributed by atoms with Gasteiger partial charge in [0.1, 0.15) is 6.04 Å². The zero-order chi connectivity index (χ0) is 15.6. The number of carbonyl (C=O) groups is 2. The molecule has 2 aliphatic heterocycles. The van der Waals surface area contributed by atoms with Crippen molar-refractivity contribution in [2.75, 3.05) is 19.7 Å². The van der Waals surface area contributed by atoms with Crippen molar-refractivity contribution in [3.05, 3.63) is 0 Å². The number of rotatable bonds is 2. The second kappa shape index (κ2) is 6.34. The van der Waals surface area contributed by atoms with Crippen molar-refractivity contribution >= 4 is 11.8 Å². The van der Waals surface area contributed by atoms with Crippen molar-refractivity contribution < 1.29 is 14.7 Å². The van der Waals surface area contributed by atoms with E-state index in [1.54, 1.807) is 4.90 Å². The molecule has 5 heteroatoms. The van der Waals surface area contributed by atoms with E-state index >= 15 is 0 Å². The molecular formula is C16H28N2O3. The maximum absolute atomic E-state index is 12.8. The van der Waals surface area contributed by atoms with Gasteiger partial charge in [0.2, 0.25) is 11.8 Å². The van der Waals surface area contributed by atoms with E-state index in [1.807, 2.05) is 25.7 Å². The lowest BCUT2D eigenvalue weighted by Gasteiger charge is -2.39. The van der Waals surface area contributed by atoms with Crippen LogP contribution in [0.2, 0.25) is 0 Å². The Labute approximate surface area is 127 Å². The summed E-state index contributed by atoms with van der Waals surface area (Å²) in [7, 11) is 0. The molecule has 0 saturated carbocycles. The van der Waals surface area contributed by atoms with Gasteiger partial charge in [-0.2, -0.15) is 0 Å². The lowest BCUT2D eigenvalue weighted by atomic mass is 9.94. The molecule has 21 heavy (non-hydrogen) atoms. The van der Waals surface area contributed by atoms with Gasteiger partial charge >= 0.3 is 0 Å². The fraction of sp³-hybridized carbons (Fsp3) is 0.875. The summed E-state index contributed by atoms with van der Waals surface area (Å²) in [6.45, 7) is 7.08. The molecule has 0 aliphatic carbocycles. The van der Waals surface area contributed by atoms with E-state index in [-0.39, 0.29) is 30.5 Å². The minimum atomic E-state index is -0.457. The van der Waals surface area contributed by atoms with Gasteiger partial charge in [0, 0.05) is 18.5 Å². The molecule has 2 aliphatic rings. The summed E-state index contributed by atoms with van der Waals surface area (Å²) in [5.74, 6) is 0.0831. The molecule has 2 fully saturated rings. The van der Waals surface area contributed by atoms with Crippen LogP contribution in [0.3, 0.4) is 0 Å². The molecule has 120 valence electrons. The average molecular weight is 296 g/mol. The van der Waals surface area contributed by atoms with Gasteiger partial charge in [-0.3, -0.25) is 9.59 Å². The van der Waals surface area contributed by atoms with Crippen molar-refractivity contribution in [1.29, 1.82) is 0 Å². The van der Waals surface area contributed by atoms with E-state index in [0.29, 0.717) is 13.1 Å². The largest absolute Gasteiger partial charge is 0.394 e. The van der Waals surface area contributed by atoms with Crippen LogP contribution in [0.5, 0.6) is 0 Å². The molecule has 0 bridgehead atoms. The molecule has 5 nitrogen and oxygen atoms in total. The maximum Gasteiger partial charge on any atom is 0.245 e. The normalized spacial score (nSPS) is 27.0. The van der Waals surface area contributed by atoms with Gasteiger partial charge in [0.15, 0.2) is 0 Å². The number of nitrogens with zero attached hydrogens (tertiary/aromatic N) is 2. The van der Waals surface area contributed by atoms with Crippen LogP contribution in [0.1, 0.15) is 52.9 Å². The molecule has 0 spiro atoms. The highest BCUT2D eigenvalue weighted by molar-refractivity contribution is 5.90. The number of likely N-dealkylation sites (tertiary alicyclic amines) is 2. The highest BCUT2D eigenvalue weighted by atomic mass is 16.3. The predicted octanol–water partition coefficient (Wildman–Crippen LogP) is 1.40. The number of hydrogen-bond acceptors (Lipinski definition) is 3. The molecule has 2 unspecified atom stereocenters. The Kier molecular flexibility index (Phi) is 4.91. The zero-order valence-electron chi connectivity index (χ0n) is 13.5. The molecule has 0 aromatic heterocycles. The molecule has 2 amide bonds. The van der Waals surface area contributed by atoms with Crippen molar-refractivity contribution in [3.8, 4) is 0 Å². The Hall–Kier alpha value is -1.10. The Morgan fingerprint density at radius 3 is 2.33 bits per heavy atom. The van der Waals surface area contributed by atoms with Crippen molar-refractivity contribution in [1.82, 2.24) is 9.80 Å². The minimum absolute atomic E-state index is 0.0195. The Balaban J connectivity index is 2.12. The Bertz CT molecular complexity index is 403. The molecule has 2 saturated heterocycles. The van der Waals surface area contributed by atoms with Crippen LogP contribution in [-0.4, -0.2) is 58.5 Å². The highest BCUT2D eigenvalue weighted by Crippen LogP contribution is 2.28. The van der Waals surface area contributed by atoms with Gasteiger partial charge in [-0.1, -0.05) is 20.8 Å². The van der Waals surface area contributed by atoms with Crippen LogP contribution >= 0.6 is 0 Å². The number of aliphatic hydroxyl groups is 1. The molecular weight excluding hydrogens is 268 g/mol. The van der Waals surface area contributed by atoms with Crippen molar-refractivity contribution in [2.24, 2.45) is 5.41 Å². The average Bonchev–Trinajstić information content (AvgIpc) is 2.93. The quantitative estimate of drug-likeness (QED) is 0.838.